The molecule has 0 bridgehead atoms. The standard InChI is InChI=1S/C14H13ClF3N3/c15-9-5-8(16)6-10-11(9)12(20-19-10)21-4-3-14(17,18)7-13(21)1-2-13/h5-6H,1-4,7H2,(H,19,20). The van der Waals surface area contributed by atoms with E-state index in [9.17, 15) is 13.2 Å². The number of piperidine rings is 1. The number of nitrogens with one attached hydrogen (secondary N) is 1. The van der Waals surface area contributed by atoms with Gasteiger partial charge in [0.1, 0.15) is 5.82 Å². The molecule has 21 heavy (non-hydrogen) atoms. The SMILES string of the molecule is Fc1cc(Cl)c2c(N3CCC(F)(F)CC34CC4)n[nH]c2c1. The van der Waals surface area contributed by atoms with E-state index in [4.69, 9.17) is 11.6 Å². The molecule has 1 aromatic heterocycles. The van der Waals surface area contributed by atoms with Crippen molar-refractivity contribution >= 4 is 28.3 Å². The first kappa shape index (κ1) is 13.2. The average molecular weight is 316 g/mol. The van der Waals surface area contributed by atoms with Crippen LogP contribution in [0.3, 0.4) is 0 Å². The average Bonchev–Trinajstić information content (AvgIpc) is 2.98. The molecule has 3 nitrogen and oxygen atoms in total. The van der Waals surface area contributed by atoms with Crippen LogP contribution in [0.5, 0.6) is 0 Å². The van der Waals surface area contributed by atoms with Crippen LogP contribution in [-0.4, -0.2) is 28.2 Å². The van der Waals surface area contributed by atoms with Crippen LogP contribution in [0.2, 0.25) is 5.02 Å². The van der Waals surface area contributed by atoms with Gasteiger partial charge in [0.15, 0.2) is 5.82 Å². The maximum absolute atomic E-state index is 13.7. The van der Waals surface area contributed by atoms with Gasteiger partial charge in [-0.3, -0.25) is 5.10 Å². The van der Waals surface area contributed by atoms with E-state index >= 15 is 0 Å². The monoisotopic (exact) mass is 315 g/mol. The molecule has 4 rings (SSSR count). The van der Waals surface area contributed by atoms with Gasteiger partial charge in [-0.05, 0) is 25.0 Å². The number of fused-ring (bicyclic) bond motifs is 1. The maximum Gasteiger partial charge on any atom is 0.252 e. The summed E-state index contributed by atoms with van der Waals surface area (Å²) in [6.07, 6.45) is 1.13. The van der Waals surface area contributed by atoms with Gasteiger partial charge in [-0.15, -0.1) is 0 Å². The largest absolute Gasteiger partial charge is 0.348 e. The van der Waals surface area contributed by atoms with Crippen LogP contribution < -0.4 is 4.90 Å². The summed E-state index contributed by atoms with van der Waals surface area (Å²) in [6, 6.07) is 2.54. The highest BCUT2D eigenvalue weighted by atomic mass is 35.5. The Labute approximate surface area is 124 Å². The molecule has 2 fully saturated rings. The van der Waals surface area contributed by atoms with E-state index in [1.165, 1.54) is 12.1 Å². The van der Waals surface area contributed by atoms with Crippen LogP contribution in [0.1, 0.15) is 25.7 Å². The summed E-state index contributed by atoms with van der Waals surface area (Å²) in [4.78, 5) is 1.92. The number of hydrogen-bond donors (Lipinski definition) is 1. The Morgan fingerprint density at radius 3 is 2.71 bits per heavy atom. The van der Waals surface area contributed by atoms with Crippen molar-refractivity contribution in [3.05, 3.63) is 23.0 Å². The van der Waals surface area contributed by atoms with Gasteiger partial charge in [0, 0.05) is 24.9 Å². The summed E-state index contributed by atoms with van der Waals surface area (Å²) in [5.74, 6) is -2.51. The second-order valence-electron chi connectivity index (χ2n) is 6.02. The van der Waals surface area contributed by atoms with Crippen molar-refractivity contribution in [1.82, 2.24) is 10.2 Å². The molecule has 0 amide bonds. The summed E-state index contributed by atoms with van der Waals surface area (Å²) in [5, 5.41) is 7.82. The Bertz CT molecular complexity index is 724. The minimum atomic E-state index is -2.62. The highest BCUT2D eigenvalue weighted by Crippen LogP contribution is 2.54. The number of rotatable bonds is 1. The fourth-order valence-corrected chi connectivity index (χ4v) is 3.64. The summed E-state index contributed by atoms with van der Waals surface area (Å²) >= 11 is 6.12. The number of aromatic nitrogens is 2. The normalized spacial score (nSPS) is 23.0. The number of halogens is 4. The Morgan fingerprint density at radius 1 is 1.24 bits per heavy atom. The molecule has 1 aliphatic heterocycles. The minimum Gasteiger partial charge on any atom is -0.348 e. The molecular weight excluding hydrogens is 303 g/mol. The highest BCUT2D eigenvalue weighted by molar-refractivity contribution is 6.36. The Hall–Kier alpha value is -1.43. The van der Waals surface area contributed by atoms with Gasteiger partial charge in [-0.2, -0.15) is 5.10 Å². The number of alkyl halides is 2. The van der Waals surface area contributed by atoms with Crippen molar-refractivity contribution in [1.29, 1.82) is 0 Å². The summed E-state index contributed by atoms with van der Waals surface area (Å²) < 4.78 is 40.7. The second-order valence-corrected chi connectivity index (χ2v) is 6.42. The zero-order valence-corrected chi connectivity index (χ0v) is 11.9. The van der Waals surface area contributed by atoms with E-state index in [0.29, 0.717) is 16.7 Å². The first-order valence-corrected chi connectivity index (χ1v) is 7.27. The van der Waals surface area contributed by atoms with Gasteiger partial charge in [0.05, 0.1) is 15.9 Å². The molecule has 0 unspecified atom stereocenters. The van der Waals surface area contributed by atoms with Crippen molar-refractivity contribution in [3.63, 3.8) is 0 Å². The zero-order chi connectivity index (χ0) is 14.8. The molecule has 112 valence electrons. The Kier molecular flexibility index (Phi) is 2.56. The number of anilines is 1. The van der Waals surface area contributed by atoms with Crippen LogP contribution in [-0.2, 0) is 0 Å². The quantitative estimate of drug-likeness (QED) is 0.858. The van der Waals surface area contributed by atoms with E-state index in [0.717, 1.165) is 12.8 Å². The van der Waals surface area contributed by atoms with E-state index in [1.807, 2.05) is 4.90 Å². The smallest absolute Gasteiger partial charge is 0.252 e. The predicted octanol–water partition coefficient (Wildman–Crippen LogP) is 4.12. The Balaban J connectivity index is 1.81. The molecule has 1 aromatic carbocycles. The minimum absolute atomic E-state index is 0.146. The van der Waals surface area contributed by atoms with Gasteiger partial charge in [-0.1, -0.05) is 11.6 Å². The summed E-state index contributed by atoms with van der Waals surface area (Å²) in [5.41, 5.74) is -0.0233. The van der Waals surface area contributed by atoms with Crippen LogP contribution in [0.15, 0.2) is 12.1 Å². The van der Waals surface area contributed by atoms with E-state index in [1.54, 1.807) is 0 Å². The zero-order valence-electron chi connectivity index (χ0n) is 11.1. The van der Waals surface area contributed by atoms with Gasteiger partial charge in [0.2, 0.25) is 0 Å². The summed E-state index contributed by atoms with van der Waals surface area (Å²) in [7, 11) is 0. The molecule has 2 aromatic rings. The number of benzene rings is 1. The lowest BCUT2D eigenvalue weighted by Gasteiger charge is -2.40. The van der Waals surface area contributed by atoms with E-state index < -0.39 is 17.3 Å². The lowest BCUT2D eigenvalue weighted by Crippen LogP contribution is -2.49. The van der Waals surface area contributed by atoms with Crippen LogP contribution in [0, 0.1) is 5.82 Å². The third-order valence-electron chi connectivity index (χ3n) is 4.51. The third-order valence-corrected chi connectivity index (χ3v) is 4.80. The molecule has 1 saturated carbocycles. The van der Waals surface area contributed by atoms with Crippen LogP contribution >= 0.6 is 11.6 Å². The first-order chi connectivity index (χ1) is 9.90. The van der Waals surface area contributed by atoms with Crippen LogP contribution in [0.25, 0.3) is 10.9 Å². The fourth-order valence-electron chi connectivity index (χ4n) is 3.35. The molecule has 1 saturated heterocycles. The molecule has 1 spiro atoms. The van der Waals surface area contributed by atoms with Gasteiger partial charge < -0.3 is 4.90 Å². The van der Waals surface area contributed by atoms with Gasteiger partial charge in [-0.25, -0.2) is 13.2 Å². The summed E-state index contributed by atoms with van der Waals surface area (Å²) in [6.45, 7) is 0.237. The van der Waals surface area contributed by atoms with Crippen molar-refractivity contribution in [2.75, 3.05) is 11.4 Å². The molecule has 0 radical (unpaired) electrons. The maximum atomic E-state index is 13.7. The number of nitrogens with zero attached hydrogens (tertiary/aromatic N) is 2. The number of H-pyrrole nitrogens is 1. The fraction of sp³-hybridized carbons (Fsp3) is 0.500. The molecule has 1 N–H and O–H groups in total. The lowest BCUT2D eigenvalue weighted by atomic mass is 9.96. The molecule has 2 aliphatic rings. The highest BCUT2D eigenvalue weighted by Gasteiger charge is 2.58. The lowest BCUT2D eigenvalue weighted by molar-refractivity contribution is -0.0374. The van der Waals surface area contributed by atoms with Crippen LogP contribution in [0.4, 0.5) is 19.0 Å². The van der Waals surface area contributed by atoms with Crippen molar-refractivity contribution in [2.24, 2.45) is 0 Å². The van der Waals surface area contributed by atoms with Gasteiger partial charge in [0.25, 0.3) is 5.92 Å². The third kappa shape index (κ3) is 1.99. The number of hydrogen-bond acceptors (Lipinski definition) is 2. The van der Waals surface area contributed by atoms with Crippen molar-refractivity contribution in [3.8, 4) is 0 Å². The van der Waals surface area contributed by atoms with Crippen molar-refractivity contribution in [2.45, 2.75) is 37.1 Å². The van der Waals surface area contributed by atoms with Gasteiger partial charge >= 0.3 is 0 Å². The molecule has 0 atom stereocenters. The molecule has 1 aliphatic carbocycles. The first-order valence-electron chi connectivity index (χ1n) is 6.89. The molecule has 2 heterocycles. The number of aromatic amines is 1. The Morgan fingerprint density at radius 2 is 2.00 bits per heavy atom. The predicted molar refractivity (Wildman–Crippen MR) is 74.6 cm³/mol. The topological polar surface area (TPSA) is 31.9 Å². The van der Waals surface area contributed by atoms with E-state index in [-0.39, 0.29) is 24.4 Å². The molecular formula is C14H13ClF3N3. The second kappa shape index (κ2) is 4.06. The molecule has 7 heteroatoms. The van der Waals surface area contributed by atoms with Crippen molar-refractivity contribution < 1.29 is 13.2 Å². The van der Waals surface area contributed by atoms with E-state index in [2.05, 4.69) is 10.2 Å².